The summed E-state index contributed by atoms with van der Waals surface area (Å²) in [7, 11) is 0. The Hall–Kier alpha value is -0.570. The van der Waals surface area contributed by atoms with Crippen LogP contribution in [0.1, 0.15) is 66.7 Å². The van der Waals surface area contributed by atoms with Gasteiger partial charge in [-0.3, -0.25) is 4.79 Å². The Balaban J connectivity index is 4.30. The Morgan fingerprint density at radius 3 is 2.16 bits per heavy atom. The molecule has 2 N–H and O–H groups in total. The van der Waals surface area contributed by atoms with E-state index in [2.05, 4.69) is 34.6 Å². The Bertz CT molecular complexity index is 233. The van der Waals surface area contributed by atoms with E-state index < -0.39 is 0 Å². The van der Waals surface area contributed by atoms with Gasteiger partial charge in [0.1, 0.15) is 0 Å². The van der Waals surface area contributed by atoms with E-state index in [4.69, 9.17) is 5.73 Å². The summed E-state index contributed by atoms with van der Waals surface area (Å²) in [5.74, 6) is 1.45. The van der Waals surface area contributed by atoms with Crippen LogP contribution in [0.5, 0.6) is 0 Å². The lowest BCUT2D eigenvalue weighted by molar-refractivity contribution is -0.133. The number of carbonyl (C=O) groups excluding carboxylic acids is 1. The molecule has 0 fully saturated rings. The molecule has 19 heavy (non-hydrogen) atoms. The number of carbonyl (C=O) groups is 1. The Morgan fingerprint density at radius 1 is 1.11 bits per heavy atom. The molecule has 114 valence electrons. The molecule has 0 aromatic carbocycles. The molecule has 0 heterocycles. The molecule has 1 atom stereocenters. The summed E-state index contributed by atoms with van der Waals surface area (Å²) in [6.45, 7) is 12.3. The van der Waals surface area contributed by atoms with Crippen molar-refractivity contribution in [1.29, 1.82) is 0 Å². The first-order chi connectivity index (χ1) is 8.92. The van der Waals surface area contributed by atoms with Crippen molar-refractivity contribution in [3.8, 4) is 0 Å². The van der Waals surface area contributed by atoms with Gasteiger partial charge in [0.05, 0.1) is 0 Å². The molecular formula is C16H34N2O. The Kier molecular flexibility index (Phi) is 9.94. The van der Waals surface area contributed by atoms with Crippen LogP contribution in [0.15, 0.2) is 0 Å². The maximum absolute atomic E-state index is 12.3. The standard InChI is InChI=1S/C16H34N2O/c1-6-7-15(10-11-17)8-9-16(19)18(14(4)5)12-13(2)3/h13-15H,6-12,17H2,1-5H3. The summed E-state index contributed by atoms with van der Waals surface area (Å²) in [5, 5.41) is 0. The van der Waals surface area contributed by atoms with Crippen LogP contribution in [0.3, 0.4) is 0 Å². The zero-order valence-electron chi connectivity index (χ0n) is 13.6. The number of rotatable bonds is 10. The molecule has 0 saturated heterocycles. The lowest BCUT2D eigenvalue weighted by atomic mass is 9.94. The van der Waals surface area contributed by atoms with Crippen molar-refractivity contribution < 1.29 is 4.79 Å². The van der Waals surface area contributed by atoms with E-state index in [9.17, 15) is 4.79 Å². The Morgan fingerprint density at radius 2 is 1.74 bits per heavy atom. The molecule has 0 aliphatic rings. The lowest BCUT2D eigenvalue weighted by Gasteiger charge is -2.29. The number of hydrogen-bond donors (Lipinski definition) is 1. The van der Waals surface area contributed by atoms with Crippen molar-refractivity contribution in [2.45, 2.75) is 72.8 Å². The molecule has 3 nitrogen and oxygen atoms in total. The molecule has 1 unspecified atom stereocenters. The quantitative estimate of drug-likeness (QED) is 0.661. The van der Waals surface area contributed by atoms with E-state index >= 15 is 0 Å². The minimum Gasteiger partial charge on any atom is -0.340 e. The first-order valence-electron chi connectivity index (χ1n) is 7.91. The van der Waals surface area contributed by atoms with Crippen molar-refractivity contribution in [2.24, 2.45) is 17.6 Å². The second kappa shape index (κ2) is 10.2. The van der Waals surface area contributed by atoms with E-state index in [1.165, 1.54) is 12.8 Å². The highest BCUT2D eigenvalue weighted by Crippen LogP contribution is 2.18. The maximum Gasteiger partial charge on any atom is 0.222 e. The summed E-state index contributed by atoms with van der Waals surface area (Å²) in [6, 6.07) is 0.300. The van der Waals surface area contributed by atoms with Crippen LogP contribution in [-0.2, 0) is 4.79 Å². The molecule has 0 spiro atoms. The SMILES string of the molecule is CCCC(CCN)CCC(=O)N(CC(C)C)C(C)C. The highest BCUT2D eigenvalue weighted by molar-refractivity contribution is 5.76. The van der Waals surface area contributed by atoms with E-state index in [0.29, 0.717) is 30.2 Å². The third-order valence-electron chi connectivity index (χ3n) is 3.54. The lowest BCUT2D eigenvalue weighted by Crippen LogP contribution is -2.39. The van der Waals surface area contributed by atoms with Gasteiger partial charge in [-0.15, -0.1) is 0 Å². The highest BCUT2D eigenvalue weighted by atomic mass is 16.2. The summed E-state index contributed by atoms with van der Waals surface area (Å²) < 4.78 is 0. The average Bonchev–Trinajstić information content (AvgIpc) is 2.32. The minimum atomic E-state index is 0.300. The predicted molar refractivity (Wildman–Crippen MR) is 83.0 cm³/mol. The van der Waals surface area contributed by atoms with Gasteiger partial charge < -0.3 is 10.6 Å². The van der Waals surface area contributed by atoms with Crippen LogP contribution in [-0.4, -0.2) is 29.9 Å². The molecule has 0 aromatic rings. The zero-order chi connectivity index (χ0) is 14.8. The van der Waals surface area contributed by atoms with Crippen molar-refractivity contribution in [3.05, 3.63) is 0 Å². The minimum absolute atomic E-state index is 0.300. The van der Waals surface area contributed by atoms with Gasteiger partial charge in [0.15, 0.2) is 0 Å². The topological polar surface area (TPSA) is 46.3 Å². The smallest absolute Gasteiger partial charge is 0.222 e. The van der Waals surface area contributed by atoms with Gasteiger partial charge in [-0.2, -0.15) is 0 Å². The average molecular weight is 270 g/mol. The number of amides is 1. The number of nitrogens with zero attached hydrogens (tertiary/aromatic N) is 1. The van der Waals surface area contributed by atoms with Crippen LogP contribution in [0, 0.1) is 11.8 Å². The van der Waals surface area contributed by atoms with Gasteiger partial charge in [0.2, 0.25) is 5.91 Å². The monoisotopic (exact) mass is 270 g/mol. The molecule has 0 rings (SSSR count). The van der Waals surface area contributed by atoms with E-state index in [1.54, 1.807) is 0 Å². The van der Waals surface area contributed by atoms with Gasteiger partial charge in [-0.1, -0.05) is 33.6 Å². The second-order valence-corrected chi connectivity index (χ2v) is 6.30. The fourth-order valence-electron chi connectivity index (χ4n) is 2.54. The van der Waals surface area contributed by atoms with E-state index in [1.807, 2.05) is 4.90 Å². The van der Waals surface area contributed by atoms with Crippen molar-refractivity contribution in [2.75, 3.05) is 13.1 Å². The molecule has 0 radical (unpaired) electrons. The highest BCUT2D eigenvalue weighted by Gasteiger charge is 2.19. The van der Waals surface area contributed by atoms with Crippen LogP contribution in [0.4, 0.5) is 0 Å². The molecule has 0 aliphatic carbocycles. The first kappa shape index (κ1) is 18.4. The summed E-state index contributed by atoms with van der Waals surface area (Å²) in [6.07, 6.45) is 5.09. The van der Waals surface area contributed by atoms with E-state index in [0.717, 1.165) is 25.9 Å². The van der Waals surface area contributed by atoms with Crippen LogP contribution >= 0.6 is 0 Å². The fraction of sp³-hybridized carbons (Fsp3) is 0.938. The van der Waals surface area contributed by atoms with Gasteiger partial charge in [-0.05, 0) is 45.1 Å². The zero-order valence-corrected chi connectivity index (χ0v) is 13.6. The summed E-state index contributed by atoms with van der Waals surface area (Å²) in [4.78, 5) is 14.4. The second-order valence-electron chi connectivity index (χ2n) is 6.30. The van der Waals surface area contributed by atoms with Crippen LogP contribution in [0.2, 0.25) is 0 Å². The third kappa shape index (κ3) is 8.25. The first-order valence-corrected chi connectivity index (χ1v) is 7.91. The fourth-order valence-corrected chi connectivity index (χ4v) is 2.54. The molecule has 0 saturated carbocycles. The maximum atomic E-state index is 12.3. The molecule has 0 aliphatic heterocycles. The largest absolute Gasteiger partial charge is 0.340 e. The van der Waals surface area contributed by atoms with Gasteiger partial charge >= 0.3 is 0 Å². The number of hydrogen-bond acceptors (Lipinski definition) is 2. The van der Waals surface area contributed by atoms with Crippen molar-refractivity contribution in [3.63, 3.8) is 0 Å². The molecule has 0 aromatic heterocycles. The summed E-state index contributed by atoms with van der Waals surface area (Å²) in [5.41, 5.74) is 5.64. The summed E-state index contributed by atoms with van der Waals surface area (Å²) >= 11 is 0. The van der Waals surface area contributed by atoms with Gasteiger partial charge in [0, 0.05) is 19.0 Å². The molecule has 3 heteroatoms. The molecule has 0 bridgehead atoms. The van der Waals surface area contributed by atoms with Gasteiger partial charge in [-0.25, -0.2) is 0 Å². The van der Waals surface area contributed by atoms with Crippen molar-refractivity contribution >= 4 is 5.91 Å². The van der Waals surface area contributed by atoms with Crippen LogP contribution in [0.25, 0.3) is 0 Å². The normalized spacial score (nSPS) is 13.1. The number of nitrogens with two attached hydrogens (primary N) is 1. The van der Waals surface area contributed by atoms with Gasteiger partial charge in [0.25, 0.3) is 0 Å². The molecular weight excluding hydrogens is 236 g/mol. The molecule has 1 amide bonds. The van der Waals surface area contributed by atoms with E-state index in [-0.39, 0.29) is 0 Å². The van der Waals surface area contributed by atoms with Crippen molar-refractivity contribution in [1.82, 2.24) is 4.90 Å². The third-order valence-corrected chi connectivity index (χ3v) is 3.54. The predicted octanol–water partition coefficient (Wildman–Crippen LogP) is 3.42. The Labute approximate surface area is 119 Å². The van der Waals surface area contributed by atoms with Crippen LogP contribution < -0.4 is 5.73 Å².